The Hall–Kier alpha value is -3.17. The average Bonchev–Trinajstić information content (AvgIpc) is 3.39. The van der Waals surface area contributed by atoms with Crippen molar-refractivity contribution in [3.63, 3.8) is 0 Å². The first-order valence-electron chi connectivity index (χ1n) is 11.4. The number of allylic oxidation sites excluding steroid dienone is 1. The minimum Gasteiger partial charge on any atom is -0.396 e. The Kier molecular flexibility index (Phi) is 5.25. The summed E-state index contributed by atoms with van der Waals surface area (Å²) in [5, 5.41) is 30.0. The van der Waals surface area contributed by atoms with Crippen LogP contribution in [0.4, 0.5) is 5.69 Å². The van der Waals surface area contributed by atoms with Crippen LogP contribution in [0.15, 0.2) is 47.0 Å². The van der Waals surface area contributed by atoms with Crippen molar-refractivity contribution in [2.45, 2.75) is 51.2 Å². The van der Waals surface area contributed by atoms with E-state index in [0.29, 0.717) is 28.9 Å². The van der Waals surface area contributed by atoms with Gasteiger partial charge in [0.2, 0.25) is 5.91 Å². The van der Waals surface area contributed by atoms with Gasteiger partial charge >= 0.3 is 0 Å². The Balaban J connectivity index is 1.55. The summed E-state index contributed by atoms with van der Waals surface area (Å²) in [7, 11) is 0. The van der Waals surface area contributed by atoms with Gasteiger partial charge in [0.25, 0.3) is 0 Å². The number of rotatable bonds is 5. The van der Waals surface area contributed by atoms with Crippen LogP contribution in [0.25, 0.3) is 10.9 Å². The number of fused-ring (bicyclic) bond motifs is 2. The Bertz CT molecular complexity index is 1180. The van der Waals surface area contributed by atoms with Crippen LogP contribution in [0.3, 0.4) is 0 Å². The zero-order valence-electron chi connectivity index (χ0n) is 19.0. The van der Waals surface area contributed by atoms with Crippen LogP contribution in [0.1, 0.15) is 51.1 Å². The number of carbonyl (C=O) groups is 1. The van der Waals surface area contributed by atoms with Crippen LogP contribution in [0.2, 0.25) is 0 Å². The highest BCUT2D eigenvalue weighted by molar-refractivity contribution is 5.96. The highest BCUT2D eigenvalue weighted by Crippen LogP contribution is 2.40. The second-order valence-corrected chi connectivity index (χ2v) is 9.64. The Morgan fingerprint density at radius 1 is 1.24 bits per heavy atom. The van der Waals surface area contributed by atoms with Gasteiger partial charge in [0.15, 0.2) is 5.82 Å². The lowest BCUT2D eigenvalue weighted by Crippen LogP contribution is -2.36. The van der Waals surface area contributed by atoms with Gasteiger partial charge in [-0.3, -0.25) is 14.5 Å². The van der Waals surface area contributed by atoms with Gasteiger partial charge < -0.3 is 15.9 Å². The number of nitrogens with two attached hydrogens (primary N) is 1. The van der Waals surface area contributed by atoms with Gasteiger partial charge in [-0.05, 0) is 63.7 Å². The van der Waals surface area contributed by atoms with E-state index in [1.54, 1.807) is 31.1 Å². The van der Waals surface area contributed by atoms with E-state index >= 15 is 0 Å². The maximum atomic E-state index is 12.1. The SMILES string of the molecule is CC(C)(O)c1cc2nn(C3CCC(CO)CC3)cc2cc1N1CC(C(N)=O)=C2N=CC=CN21. The summed E-state index contributed by atoms with van der Waals surface area (Å²) in [6.45, 7) is 4.00. The number of hydrogen-bond acceptors (Lipinski definition) is 7. The molecule has 2 aliphatic heterocycles. The molecule has 1 aliphatic carbocycles. The highest BCUT2D eigenvalue weighted by Gasteiger charge is 2.36. The molecule has 4 N–H and O–H groups in total. The molecule has 3 aliphatic rings. The van der Waals surface area contributed by atoms with E-state index in [1.165, 1.54) is 0 Å². The van der Waals surface area contributed by atoms with Crippen LogP contribution in [-0.4, -0.2) is 50.3 Å². The first-order valence-corrected chi connectivity index (χ1v) is 11.4. The number of aliphatic hydroxyl groups excluding tert-OH is 1. The van der Waals surface area contributed by atoms with Crippen molar-refractivity contribution in [2.24, 2.45) is 16.6 Å². The second kappa shape index (κ2) is 8.00. The van der Waals surface area contributed by atoms with E-state index in [9.17, 15) is 15.0 Å². The molecule has 0 unspecified atom stereocenters. The number of aromatic nitrogens is 2. The predicted molar refractivity (Wildman–Crippen MR) is 126 cm³/mol. The zero-order chi connectivity index (χ0) is 23.3. The molecular weight excluding hydrogens is 420 g/mol. The number of carbonyl (C=O) groups excluding carboxylic acids is 1. The van der Waals surface area contributed by atoms with Gasteiger partial charge in [0, 0.05) is 36.2 Å². The number of hydrogen-bond donors (Lipinski definition) is 3. The number of nitrogens with zero attached hydrogens (tertiary/aromatic N) is 5. The van der Waals surface area contributed by atoms with Gasteiger partial charge in [-0.2, -0.15) is 5.10 Å². The van der Waals surface area contributed by atoms with Crippen LogP contribution in [0.5, 0.6) is 0 Å². The first kappa shape index (κ1) is 21.7. The molecule has 1 fully saturated rings. The fourth-order valence-electron chi connectivity index (χ4n) is 5.02. The monoisotopic (exact) mass is 450 g/mol. The Morgan fingerprint density at radius 3 is 2.67 bits per heavy atom. The maximum absolute atomic E-state index is 12.1. The number of hydrazine groups is 1. The minimum atomic E-state index is -1.13. The van der Waals surface area contributed by atoms with E-state index in [2.05, 4.69) is 11.2 Å². The molecule has 9 nitrogen and oxygen atoms in total. The summed E-state index contributed by atoms with van der Waals surface area (Å²) in [4.78, 5) is 16.4. The number of primary amides is 1. The third-order valence-corrected chi connectivity index (χ3v) is 6.89. The average molecular weight is 451 g/mol. The van der Waals surface area contributed by atoms with Crippen LogP contribution < -0.4 is 10.7 Å². The summed E-state index contributed by atoms with van der Waals surface area (Å²) < 4.78 is 2.03. The molecule has 0 bridgehead atoms. The molecule has 1 aromatic heterocycles. The van der Waals surface area contributed by atoms with E-state index in [0.717, 1.165) is 42.3 Å². The Labute approximate surface area is 192 Å². The van der Waals surface area contributed by atoms with Crippen LogP contribution in [0, 0.1) is 5.92 Å². The van der Waals surface area contributed by atoms with Crippen molar-refractivity contribution in [2.75, 3.05) is 18.2 Å². The lowest BCUT2D eigenvalue weighted by molar-refractivity contribution is -0.114. The smallest absolute Gasteiger partial charge is 0.250 e. The molecule has 33 heavy (non-hydrogen) atoms. The molecule has 3 heterocycles. The first-order chi connectivity index (χ1) is 15.8. The standard InChI is InChI=1S/C24H30N6O3/c1-24(2,33)19-11-20-16(12-28(27-20)17-6-4-15(14-31)5-7-17)10-21(19)30-13-18(22(25)32)23-26-8-3-9-29(23)30/h3,8-12,15,17,31,33H,4-7,13-14H2,1-2H3,(H2,25,32). The molecule has 1 saturated carbocycles. The molecule has 0 spiro atoms. The second-order valence-electron chi connectivity index (χ2n) is 9.64. The minimum absolute atomic E-state index is 0.250. The van der Waals surface area contributed by atoms with Gasteiger partial charge in [0.05, 0.1) is 35.0 Å². The molecular formula is C24H30N6O3. The van der Waals surface area contributed by atoms with Crippen molar-refractivity contribution < 1.29 is 15.0 Å². The summed E-state index contributed by atoms with van der Waals surface area (Å²) in [5.74, 6) is 0.376. The molecule has 0 radical (unpaired) electrons. The van der Waals surface area contributed by atoms with E-state index < -0.39 is 11.5 Å². The molecule has 0 atom stereocenters. The number of aliphatic imine (C=N–C) groups is 1. The van der Waals surface area contributed by atoms with Crippen LogP contribution >= 0.6 is 0 Å². The summed E-state index contributed by atoms with van der Waals surface area (Å²) >= 11 is 0. The molecule has 174 valence electrons. The molecule has 9 heteroatoms. The third kappa shape index (κ3) is 3.81. The van der Waals surface area contributed by atoms with Crippen molar-refractivity contribution in [1.29, 1.82) is 0 Å². The molecule has 1 aromatic carbocycles. The van der Waals surface area contributed by atoms with E-state index in [-0.39, 0.29) is 13.2 Å². The molecule has 5 rings (SSSR count). The number of amides is 1. The summed E-state index contributed by atoms with van der Waals surface area (Å²) in [5.41, 5.74) is 7.22. The van der Waals surface area contributed by atoms with Crippen molar-refractivity contribution in [3.8, 4) is 0 Å². The zero-order valence-corrected chi connectivity index (χ0v) is 19.0. The normalized spacial score (nSPS) is 23.0. The van der Waals surface area contributed by atoms with Crippen molar-refractivity contribution in [3.05, 3.63) is 47.6 Å². The lowest BCUT2D eigenvalue weighted by atomic mass is 9.87. The fraction of sp³-hybridized carbons (Fsp3) is 0.458. The Morgan fingerprint density at radius 2 is 2.00 bits per heavy atom. The van der Waals surface area contributed by atoms with Gasteiger partial charge in [-0.1, -0.05) is 0 Å². The molecule has 1 amide bonds. The maximum Gasteiger partial charge on any atom is 0.250 e. The number of aliphatic hydroxyl groups is 2. The summed E-state index contributed by atoms with van der Waals surface area (Å²) in [6, 6.07) is 4.24. The van der Waals surface area contributed by atoms with Gasteiger partial charge in [-0.15, -0.1) is 0 Å². The quantitative estimate of drug-likeness (QED) is 0.643. The van der Waals surface area contributed by atoms with Crippen molar-refractivity contribution in [1.82, 2.24) is 14.8 Å². The van der Waals surface area contributed by atoms with Crippen molar-refractivity contribution >= 4 is 28.7 Å². The fourth-order valence-corrected chi connectivity index (χ4v) is 5.02. The van der Waals surface area contributed by atoms with E-state index in [1.807, 2.05) is 28.0 Å². The third-order valence-electron chi connectivity index (χ3n) is 6.89. The topological polar surface area (TPSA) is 120 Å². The van der Waals surface area contributed by atoms with E-state index in [4.69, 9.17) is 10.8 Å². The molecule has 0 saturated heterocycles. The van der Waals surface area contributed by atoms with Crippen LogP contribution in [-0.2, 0) is 10.4 Å². The molecule has 2 aromatic rings. The number of anilines is 1. The largest absolute Gasteiger partial charge is 0.396 e. The lowest BCUT2D eigenvalue weighted by Gasteiger charge is -2.34. The van der Waals surface area contributed by atoms with Gasteiger partial charge in [0.1, 0.15) is 0 Å². The predicted octanol–water partition coefficient (Wildman–Crippen LogP) is 2.32. The number of benzene rings is 1. The van der Waals surface area contributed by atoms with Gasteiger partial charge in [-0.25, -0.2) is 10.0 Å². The highest BCUT2D eigenvalue weighted by atomic mass is 16.3. The summed E-state index contributed by atoms with van der Waals surface area (Å²) in [6.07, 6.45) is 11.3.